The molecule has 23 heavy (non-hydrogen) atoms. The second-order valence-electron chi connectivity index (χ2n) is 5.67. The summed E-state index contributed by atoms with van der Waals surface area (Å²) in [5, 5.41) is 2.98. The van der Waals surface area contributed by atoms with Crippen LogP contribution in [-0.4, -0.2) is 27.7 Å². The Morgan fingerprint density at radius 1 is 1.43 bits per heavy atom. The van der Waals surface area contributed by atoms with Crippen molar-refractivity contribution in [1.29, 1.82) is 0 Å². The topological polar surface area (TPSA) is 75.4 Å². The van der Waals surface area contributed by atoms with Gasteiger partial charge in [0.05, 0.1) is 18.8 Å². The van der Waals surface area contributed by atoms with E-state index in [2.05, 4.69) is 10.3 Å². The molecule has 0 aliphatic carbocycles. The normalized spacial score (nSPS) is 18.9. The van der Waals surface area contributed by atoms with E-state index in [4.69, 9.17) is 4.42 Å². The van der Waals surface area contributed by atoms with E-state index < -0.39 is 6.04 Å². The van der Waals surface area contributed by atoms with Crippen LogP contribution in [-0.2, 0) is 16.1 Å². The van der Waals surface area contributed by atoms with E-state index in [1.54, 1.807) is 35.7 Å². The molecule has 6 heteroatoms. The summed E-state index contributed by atoms with van der Waals surface area (Å²) in [6.45, 7) is 2.24. The Labute approximate surface area is 134 Å². The molecule has 3 rings (SSSR count). The fourth-order valence-corrected chi connectivity index (χ4v) is 2.82. The van der Waals surface area contributed by atoms with Gasteiger partial charge in [0.1, 0.15) is 11.8 Å². The number of carbonyl (C=O) groups is 2. The molecular formula is C17H19N3O3. The average Bonchev–Trinajstić information content (AvgIpc) is 3.19. The Hall–Kier alpha value is -2.63. The maximum absolute atomic E-state index is 12.6. The Kier molecular flexibility index (Phi) is 4.41. The van der Waals surface area contributed by atoms with E-state index in [1.807, 2.05) is 19.1 Å². The number of rotatable bonds is 5. The monoisotopic (exact) mass is 313 g/mol. The maximum atomic E-state index is 12.6. The van der Waals surface area contributed by atoms with Gasteiger partial charge in [0.2, 0.25) is 11.8 Å². The van der Waals surface area contributed by atoms with Crippen LogP contribution in [0.5, 0.6) is 0 Å². The summed E-state index contributed by atoms with van der Waals surface area (Å²) in [5.74, 6) is 0.532. The zero-order valence-electron chi connectivity index (χ0n) is 12.9. The van der Waals surface area contributed by atoms with Crippen LogP contribution < -0.4 is 5.32 Å². The van der Waals surface area contributed by atoms with E-state index in [0.29, 0.717) is 25.1 Å². The molecule has 0 bridgehead atoms. The van der Waals surface area contributed by atoms with Crippen molar-refractivity contribution in [3.63, 3.8) is 0 Å². The number of hydrogen-bond donors (Lipinski definition) is 1. The number of carbonyl (C=O) groups excluding carboxylic acids is 2. The SMILES string of the molecule is C[C@@H](NC(=O)[C@H]1CCC(=O)N1Cc1ccco1)c1ccncc1. The largest absolute Gasteiger partial charge is 0.467 e. The second-order valence-corrected chi connectivity index (χ2v) is 5.67. The van der Waals surface area contributed by atoms with Crippen molar-refractivity contribution in [1.82, 2.24) is 15.2 Å². The van der Waals surface area contributed by atoms with Gasteiger partial charge in [-0.25, -0.2) is 0 Å². The Bertz CT molecular complexity index is 670. The van der Waals surface area contributed by atoms with Crippen LogP contribution in [0.1, 0.15) is 37.1 Å². The van der Waals surface area contributed by atoms with Gasteiger partial charge in [0, 0.05) is 18.8 Å². The van der Waals surface area contributed by atoms with Crippen molar-refractivity contribution in [2.45, 2.75) is 38.4 Å². The number of likely N-dealkylation sites (tertiary alicyclic amines) is 1. The zero-order chi connectivity index (χ0) is 16.2. The predicted molar refractivity (Wildman–Crippen MR) is 83.1 cm³/mol. The molecule has 1 aliphatic heterocycles. The molecule has 2 aromatic heterocycles. The number of hydrogen-bond acceptors (Lipinski definition) is 4. The summed E-state index contributed by atoms with van der Waals surface area (Å²) in [5.41, 5.74) is 0.982. The van der Waals surface area contributed by atoms with E-state index >= 15 is 0 Å². The smallest absolute Gasteiger partial charge is 0.243 e. The third-order valence-corrected chi connectivity index (χ3v) is 4.10. The molecule has 1 fully saturated rings. The molecular weight excluding hydrogens is 294 g/mol. The molecule has 0 saturated carbocycles. The molecule has 3 heterocycles. The number of nitrogens with one attached hydrogen (secondary N) is 1. The first-order valence-electron chi connectivity index (χ1n) is 7.67. The van der Waals surface area contributed by atoms with Gasteiger partial charge in [-0.2, -0.15) is 0 Å². The molecule has 1 aliphatic rings. The average molecular weight is 313 g/mol. The minimum atomic E-state index is -0.447. The summed E-state index contributed by atoms with van der Waals surface area (Å²) in [7, 11) is 0. The predicted octanol–water partition coefficient (Wildman–Crippen LogP) is 2.04. The van der Waals surface area contributed by atoms with Gasteiger partial charge in [0.15, 0.2) is 0 Å². The number of furan rings is 1. The molecule has 120 valence electrons. The van der Waals surface area contributed by atoms with Gasteiger partial charge < -0.3 is 14.6 Å². The lowest BCUT2D eigenvalue weighted by molar-refractivity contribution is -0.136. The lowest BCUT2D eigenvalue weighted by Gasteiger charge is -2.25. The highest BCUT2D eigenvalue weighted by atomic mass is 16.3. The molecule has 1 saturated heterocycles. The Morgan fingerprint density at radius 3 is 2.91 bits per heavy atom. The van der Waals surface area contributed by atoms with Crippen LogP contribution in [0.25, 0.3) is 0 Å². The van der Waals surface area contributed by atoms with Gasteiger partial charge in [-0.05, 0) is 43.2 Å². The van der Waals surface area contributed by atoms with Crippen LogP contribution in [0.15, 0.2) is 47.3 Å². The lowest BCUT2D eigenvalue weighted by Crippen LogP contribution is -2.44. The number of pyridine rings is 1. The van der Waals surface area contributed by atoms with Gasteiger partial charge >= 0.3 is 0 Å². The molecule has 0 unspecified atom stereocenters. The third kappa shape index (κ3) is 3.41. The lowest BCUT2D eigenvalue weighted by atomic mass is 10.1. The molecule has 2 aromatic rings. The van der Waals surface area contributed by atoms with Crippen LogP contribution in [0.4, 0.5) is 0 Å². The second kappa shape index (κ2) is 6.64. The fourth-order valence-electron chi connectivity index (χ4n) is 2.82. The standard InChI is InChI=1S/C17H19N3O3/c1-12(13-6-8-18-9-7-13)19-17(22)15-4-5-16(21)20(15)11-14-3-2-10-23-14/h2-3,6-10,12,15H,4-5,11H2,1H3,(H,19,22)/t12-,15-/m1/s1. The van der Waals surface area contributed by atoms with Crippen molar-refractivity contribution in [2.24, 2.45) is 0 Å². The summed E-state index contributed by atoms with van der Waals surface area (Å²) >= 11 is 0. The van der Waals surface area contributed by atoms with Crippen LogP contribution in [0, 0.1) is 0 Å². The molecule has 2 amide bonds. The number of nitrogens with zero attached hydrogens (tertiary/aromatic N) is 2. The van der Waals surface area contributed by atoms with Crippen molar-refractivity contribution in [2.75, 3.05) is 0 Å². The Balaban J connectivity index is 1.67. The quantitative estimate of drug-likeness (QED) is 0.916. The summed E-state index contributed by atoms with van der Waals surface area (Å²) in [4.78, 5) is 30.2. The van der Waals surface area contributed by atoms with Crippen molar-refractivity contribution in [3.05, 3.63) is 54.2 Å². The van der Waals surface area contributed by atoms with Crippen molar-refractivity contribution < 1.29 is 14.0 Å². The van der Waals surface area contributed by atoms with Crippen LogP contribution >= 0.6 is 0 Å². The Morgan fingerprint density at radius 2 is 2.22 bits per heavy atom. The molecule has 0 aromatic carbocycles. The third-order valence-electron chi connectivity index (χ3n) is 4.10. The van der Waals surface area contributed by atoms with Crippen LogP contribution in [0.2, 0.25) is 0 Å². The zero-order valence-corrected chi connectivity index (χ0v) is 12.9. The highest BCUT2D eigenvalue weighted by molar-refractivity contribution is 5.91. The highest BCUT2D eigenvalue weighted by Crippen LogP contribution is 2.23. The molecule has 0 radical (unpaired) electrons. The van der Waals surface area contributed by atoms with Gasteiger partial charge in [-0.3, -0.25) is 14.6 Å². The first-order chi connectivity index (χ1) is 11.1. The van der Waals surface area contributed by atoms with Gasteiger partial charge in [-0.15, -0.1) is 0 Å². The van der Waals surface area contributed by atoms with E-state index in [0.717, 1.165) is 5.56 Å². The fraction of sp³-hybridized carbons (Fsp3) is 0.353. The first kappa shape index (κ1) is 15.3. The summed E-state index contributed by atoms with van der Waals surface area (Å²) < 4.78 is 5.29. The first-order valence-corrected chi connectivity index (χ1v) is 7.67. The van der Waals surface area contributed by atoms with E-state index in [9.17, 15) is 9.59 Å². The minimum Gasteiger partial charge on any atom is -0.467 e. The van der Waals surface area contributed by atoms with Gasteiger partial charge in [0.25, 0.3) is 0 Å². The summed E-state index contributed by atoms with van der Waals surface area (Å²) in [6, 6.07) is 6.73. The number of amides is 2. The van der Waals surface area contributed by atoms with Crippen molar-refractivity contribution in [3.8, 4) is 0 Å². The number of aromatic nitrogens is 1. The minimum absolute atomic E-state index is 0.0156. The van der Waals surface area contributed by atoms with Gasteiger partial charge in [-0.1, -0.05) is 0 Å². The van der Waals surface area contributed by atoms with Crippen molar-refractivity contribution >= 4 is 11.8 Å². The summed E-state index contributed by atoms with van der Waals surface area (Å²) in [6.07, 6.45) is 5.88. The van der Waals surface area contributed by atoms with Crippen LogP contribution in [0.3, 0.4) is 0 Å². The molecule has 0 spiro atoms. The van der Waals surface area contributed by atoms with E-state index in [-0.39, 0.29) is 17.9 Å². The molecule has 1 N–H and O–H groups in total. The highest BCUT2D eigenvalue weighted by Gasteiger charge is 2.36. The maximum Gasteiger partial charge on any atom is 0.243 e. The molecule has 6 nitrogen and oxygen atoms in total. The molecule has 2 atom stereocenters. The van der Waals surface area contributed by atoms with E-state index in [1.165, 1.54) is 0 Å².